The molecule has 15 heavy (non-hydrogen) atoms. The van der Waals surface area contributed by atoms with Crippen LogP contribution in [0.3, 0.4) is 0 Å². The van der Waals surface area contributed by atoms with Crippen LogP contribution >= 0.6 is 27.7 Å². The number of halogens is 1. The third-order valence-electron chi connectivity index (χ3n) is 1.67. The fourth-order valence-electron chi connectivity index (χ4n) is 1.05. The zero-order valence-corrected chi connectivity index (χ0v) is 11.1. The molecule has 0 bridgehead atoms. The number of thioether (sulfide) groups is 1. The average molecular weight is 293 g/mol. The van der Waals surface area contributed by atoms with Crippen molar-refractivity contribution in [3.63, 3.8) is 0 Å². The lowest BCUT2D eigenvalue weighted by molar-refractivity contribution is 0.0519. The van der Waals surface area contributed by atoms with Gasteiger partial charge in [0.1, 0.15) is 0 Å². The van der Waals surface area contributed by atoms with Crippen LogP contribution in [-0.2, 0) is 10.5 Å². The second kappa shape index (κ2) is 6.17. The highest BCUT2D eigenvalue weighted by Gasteiger charge is 2.17. The fraction of sp³-hybridized carbons (Fsp3) is 0.556. The van der Waals surface area contributed by atoms with Crippen molar-refractivity contribution in [2.45, 2.75) is 19.6 Å². The largest absolute Gasteiger partial charge is 0.461 e. The maximum atomic E-state index is 11.5. The molecule has 0 saturated carbocycles. The lowest BCUT2D eigenvalue weighted by Gasteiger charge is -2.01. The summed E-state index contributed by atoms with van der Waals surface area (Å²) in [5.41, 5.74) is 1.19. The predicted octanol–water partition coefficient (Wildman–Crippen LogP) is 2.60. The first-order valence-corrected chi connectivity index (χ1v) is 6.63. The highest BCUT2D eigenvalue weighted by molar-refractivity contribution is 9.10. The number of hydrogen-bond donors (Lipinski definition) is 1. The number of H-pyrrole nitrogens is 1. The molecule has 0 aliphatic heterocycles. The first-order chi connectivity index (χ1) is 7.19. The molecule has 0 aromatic carbocycles. The maximum absolute atomic E-state index is 11.5. The number of aromatic amines is 1. The van der Waals surface area contributed by atoms with Crippen molar-refractivity contribution in [1.29, 1.82) is 0 Å². The van der Waals surface area contributed by atoms with E-state index in [0.29, 0.717) is 17.0 Å². The number of carbonyl (C=O) groups excluding carboxylic acids is 1. The standard InChI is InChI=1S/C9H13BrN2O2S/c1-3-14-8(13)7-6(5-15-4-2)11-9(10)12-7/h3-5H2,1-2H3,(H,11,12). The van der Waals surface area contributed by atoms with E-state index in [1.54, 1.807) is 18.7 Å². The van der Waals surface area contributed by atoms with Gasteiger partial charge in [-0.2, -0.15) is 11.8 Å². The third kappa shape index (κ3) is 3.53. The Balaban J connectivity index is 2.80. The van der Waals surface area contributed by atoms with Crippen LogP contribution in [0.2, 0.25) is 0 Å². The zero-order valence-electron chi connectivity index (χ0n) is 8.67. The van der Waals surface area contributed by atoms with Gasteiger partial charge in [0.15, 0.2) is 10.4 Å². The third-order valence-corrected chi connectivity index (χ3v) is 2.95. The highest BCUT2D eigenvalue weighted by Crippen LogP contribution is 2.17. The molecule has 1 rings (SSSR count). The van der Waals surface area contributed by atoms with Crippen molar-refractivity contribution in [2.75, 3.05) is 12.4 Å². The van der Waals surface area contributed by atoms with Crippen molar-refractivity contribution in [1.82, 2.24) is 9.97 Å². The van der Waals surface area contributed by atoms with Gasteiger partial charge < -0.3 is 9.72 Å². The number of imidazole rings is 1. The van der Waals surface area contributed by atoms with Gasteiger partial charge in [-0.05, 0) is 28.6 Å². The summed E-state index contributed by atoms with van der Waals surface area (Å²) in [6.07, 6.45) is 0. The first-order valence-electron chi connectivity index (χ1n) is 4.68. The van der Waals surface area contributed by atoms with Crippen molar-refractivity contribution in [2.24, 2.45) is 0 Å². The van der Waals surface area contributed by atoms with Crippen molar-refractivity contribution >= 4 is 33.7 Å². The van der Waals surface area contributed by atoms with Gasteiger partial charge in [-0.15, -0.1) is 0 Å². The smallest absolute Gasteiger partial charge is 0.358 e. The Morgan fingerprint density at radius 1 is 1.60 bits per heavy atom. The minimum Gasteiger partial charge on any atom is -0.461 e. The monoisotopic (exact) mass is 292 g/mol. The Hall–Kier alpha value is -0.490. The van der Waals surface area contributed by atoms with Crippen LogP contribution in [-0.4, -0.2) is 28.3 Å². The highest BCUT2D eigenvalue weighted by atomic mass is 79.9. The van der Waals surface area contributed by atoms with Crippen LogP contribution in [0, 0.1) is 0 Å². The molecule has 1 N–H and O–H groups in total. The summed E-state index contributed by atoms with van der Waals surface area (Å²) < 4.78 is 5.48. The summed E-state index contributed by atoms with van der Waals surface area (Å²) in [5.74, 6) is 1.37. The Labute approximate surface area is 101 Å². The number of nitrogens with one attached hydrogen (secondary N) is 1. The molecule has 0 spiro atoms. The Bertz CT molecular complexity index is 341. The van der Waals surface area contributed by atoms with Crippen molar-refractivity contribution in [3.8, 4) is 0 Å². The molecule has 0 amide bonds. The van der Waals surface area contributed by atoms with E-state index in [-0.39, 0.29) is 5.97 Å². The minimum atomic E-state index is -0.369. The number of carbonyl (C=O) groups is 1. The first kappa shape index (κ1) is 12.6. The molecule has 0 radical (unpaired) electrons. The van der Waals surface area contributed by atoms with Gasteiger partial charge >= 0.3 is 5.97 Å². The van der Waals surface area contributed by atoms with Crippen LogP contribution in [0.25, 0.3) is 0 Å². The summed E-state index contributed by atoms with van der Waals surface area (Å²) in [6, 6.07) is 0. The molecule has 6 heteroatoms. The summed E-state index contributed by atoms with van der Waals surface area (Å²) in [6.45, 7) is 4.21. The summed E-state index contributed by atoms with van der Waals surface area (Å²) in [7, 11) is 0. The molecule has 0 aliphatic carbocycles. The number of rotatable bonds is 5. The second-order valence-electron chi connectivity index (χ2n) is 2.71. The molecular weight excluding hydrogens is 280 g/mol. The molecule has 0 fully saturated rings. The molecule has 0 aliphatic rings. The number of aromatic nitrogens is 2. The lowest BCUT2D eigenvalue weighted by atomic mass is 10.3. The van der Waals surface area contributed by atoms with Gasteiger partial charge in [-0.25, -0.2) is 9.78 Å². The lowest BCUT2D eigenvalue weighted by Crippen LogP contribution is -2.07. The van der Waals surface area contributed by atoms with Crippen molar-refractivity contribution in [3.05, 3.63) is 16.1 Å². The van der Waals surface area contributed by atoms with E-state index < -0.39 is 0 Å². The van der Waals surface area contributed by atoms with E-state index in [4.69, 9.17) is 4.74 Å². The van der Waals surface area contributed by atoms with Crippen LogP contribution < -0.4 is 0 Å². The molecule has 0 unspecified atom stereocenters. The van der Waals surface area contributed by atoms with Gasteiger partial charge in [0.05, 0.1) is 12.3 Å². The predicted molar refractivity (Wildman–Crippen MR) is 64.1 cm³/mol. The Kier molecular flexibility index (Phi) is 5.17. The van der Waals surface area contributed by atoms with E-state index in [9.17, 15) is 4.79 Å². The number of hydrogen-bond acceptors (Lipinski definition) is 4. The Morgan fingerprint density at radius 2 is 2.33 bits per heavy atom. The van der Waals surface area contributed by atoms with Crippen LogP contribution in [0.4, 0.5) is 0 Å². The molecule has 1 aromatic rings. The number of esters is 1. The summed E-state index contributed by atoms with van der Waals surface area (Å²) in [4.78, 5) is 18.6. The number of ether oxygens (including phenoxy) is 1. The SMILES string of the molecule is CCOC(=O)c1nc(Br)[nH]c1CSCC. The molecule has 0 atom stereocenters. The van der Waals surface area contributed by atoms with E-state index in [2.05, 4.69) is 32.8 Å². The van der Waals surface area contributed by atoms with E-state index in [0.717, 1.165) is 17.2 Å². The van der Waals surface area contributed by atoms with Crippen LogP contribution in [0.15, 0.2) is 4.73 Å². The minimum absolute atomic E-state index is 0.365. The average Bonchev–Trinajstić information content (AvgIpc) is 2.57. The molecule has 0 saturated heterocycles. The Morgan fingerprint density at radius 3 is 2.93 bits per heavy atom. The molecular formula is C9H13BrN2O2S. The molecule has 4 nitrogen and oxygen atoms in total. The molecule has 1 heterocycles. The molecule has 84 valence electrons. The van der Waals surface area contributed by atoms with Gasteiger partial charge in [0.25, 0.3) is 0 Å². The summed E-state index contributed by atoms with van der Waals surface area (Å²) in [5, 5.41) is 0. The van der Waals surface area contributed by atoms with Gasteiger partial charge in [0, 0.05) is 5.75 Å². The molecule has 1 aromatic heterocycles. The topological polar surface area (TPSA) is 55.0 Å². The van der Waals surface area contributed by atoms with Crippen LogP contribution in [0.1, 0.15) is 30.0 Å². The second-order valence-corrected chi connectivity index (χ2v) is 4.74. The fourth-order valence-corrected chi connectivity index (χ4v) is 2.09. The normalized spacial score (nSPS) is 10.3. The van der Waals surface area contributed by atoms with Crippen molar-refractivity contribution < 1.29 is 9.53 Å². The van der Waals surface area contributed by atoms with E-state index in [1.807, 2.05) is 0 Å². The zero-order chi connectivity index (χ0) is 11.3. The quantitative estimate of drug-likeness (QED) is 0.848. The summed E-state index contributed by atoms with van der Waals surface area (Å²) >= 11 is 4.93. The van der Waals surface area contributed by atoms with Crippen LogP contribution in [0.5, 0.6) is 0 Å². The van der Waals surface area contributed by atoms with Gasteiger partial charge in [-0.3, -0.25) is 0 Å². The van der Waals surface area contributed by atoms with Gasteiger partial charge in [0.2, 0.25) is 0 Å². The number of nitrogens with zero attached hydrogens (tertiary/aromatic N) is 1. The van der Waals surface area contributed by atoms with Gasteiger partial charge in [-0.1, -0.05) is 6.92 Å². The maximum Gasteiger partial charge on any atom is 0.358 e. The van der Waals surface area contributed by atoms with E-state index >= 15 is 0 Å². The van der Waals surface area contributed by atoms with E-state index in [1.165, 1.54) is 0 Å².